The number of nitrogens with one attached hydrogen (secondary N) is 2. The highest BCUT2D eigenvalue weighted by Gasteiger charge is 2.34. The summed E-state index contributed by atoms with van der Waals surface area (Å²) in [6, 6.07) is 6.03. The molecule has 1 saturated heterocycles. The second kappa shape index (κ2) is 9.41. The zero-order valence-corrected chi connectivity index (χ0v) is 16.6. The third kappa shape index (κ3) is 5.36. The van der Waals surface area contributed by atoms with Crippen molar-refractivity contribution >= 4 is 18.3 Å². The maximum atomic E-state index is 13.3. The predicted octanol–water partition coefficient (Wildman–Crippen LogP) is 2.71. The third-order valence-electron chi connectivity index (χ3n) is 4.71. The van der Waals surface area contributed by atoms with Gasteiger partial charge in [0.05, 0.1) is 11.3 Å². The van der Waals surface area contributed by atoms with Crippen molar-refractivity contribution in [2.24, 2.45) is 5.92 Å². The molecule has 158 valence electrons. The third-order valence-corrected chi connectivity index (χ3v) is 4.71. The van der Waals surface area contributed by atoms with Crippen LogP contribution in [0.5, 0.6) is 0 Å². The highest BCUT2D eigenvalue weighted by Crippen LogP contribution is 2.33. The van der Waals surface area contributed by atoms with E-state index >= 15 is 0 Å². The van der Waals surface area contributed by atoms with Gasteiger partial charge in [0.25, 0.3) is 5.91 Å². The highest BCUT2D eigenvalue weighted by molar-refractivity contribution is 5.92. The first-order chi connectivity index (χ1) is 13.3. The van der Waals surface area contributed by atoms with Crippen LogP contribution < -0.4 is 16.1 Å². The van der Waals surface area contributed by atoms with Crippen molar-refractivity contribution in [1.82, 2.24) is 20.4 Å². The molecule has 1 unspecified atom stereocenters. The van der Waals surface area contributed by atoms with E-state index in [9.17, 15) is 22.8 Å². The molecule has 1 fully saturated rings. The maximum absolute atomic E-state index is 13.3. The van der Waals surface area contributed by atoms with Crippen LogP contribution in [0.4, 0.5) is 13.2 Å². The number of nitrogens with zero attached hydrogens (tertiary/aromatic N) is 2. The van der Waals surface area contributed by atoms with E-state index in [0.29, 0.717) is 6.54 Å². The lowest BCUT2D eigenvalue weighted by Gasteiger charge is -2.22. The van der Waals surface area contributed by atoms with Gasteiger partial charge in [-0.05, 0) is 50.9 Å². The minimum Gasteiger partial charge on any atom is -0.350 e. The van der Waals surface area contributed by atoms with Crippen molar-refractivity contribution in [2.45, 2.75) is 25.9 Å². The molecule has 0 saturated carbocycles. The Bertz CT molecular complexity index is 924. The number of halogens is 4. The number of aromatic nitrogens is 2. The van der Waals surface area contributed by atoms with Crippen LogP contribution in [0.1, 0.15) is 34.6 Å². The van der Waals surface area contributed by atoms with Crippen LogP contribution in [0.15, 0.2) is 35.1 Å². The molecule has 0 radical (unpaired) electrons. The van der Waals surface area contributed by atoms with Crippen LogP contribution in [0.25, 0.3) is 5.69 Å². The van der Waals surface area contributed by atoms with Gasteiger partial charge >= 0.3 is 6.18 Å². The fraction of sp³-hybridized carbons (Fsp3) is 0.421. The molecule has 0 spiro atoms. The van der Waals surface area contributed by atoms with E-state index in [-0.39, 0.29) is 29.7 Å². The lowest BCUT2D eigenvalue weighted by molar-refractivity contribution is -0.137. The van der Waals surface area contributed by atoms with Gasteiger partial charge < -0.3 is 10.6 Å². The molecule has 2 aromatic rings. The Morgan fingerprint density at radius 2 is 2.07 bits per heavy atom. The molecule has 1 atom stereocenters. The first-order valence-electron chi connectivity index (χ1n) is 9.04. The summed E-state index contributed by atoms with van der Waals surface area (Å²) in [4.78, 5) is 24.7. The Balaban J connectivity index is 0.00000300. The molecular weight excluding hydrogens is 409 g/mol. The molecule has 0 bridgehead atoms. The minimum atomic E-state index is -4.59. The number of benzene rings is 1. The van der Waals surface area contributed by atoms with E-state index in [4.69, 9.17) is 0 Å². The van der Waals surface area contributed by atoms with Crippen LogP contribution in [-0.2, 0) is 6.18 Å². The molecule has 0 aliphatic carbocycles. The summed E-state index contributed by atoms with van der Waals surface area (Å²) in [5.41, 5.74) is -1.98. The van der Waals surface area contributed by atoms with E-state index in [1.165, 1.54) is 25.1 Å². The van der Waals surface area contributed by atoms with Gasteiger partial charge in [0, 0.05) is 18.3 Å². The average molecular weight is 431 g/mol. The van der Waals surface area contributed by atoms with Gasteiger partial charge in [0.2, 0.25) is 5.43 Å². The fourth-order valence-corrected chi connectivity index (χ4v) is 3.27. The summed E-state index contributed by atoms with van der Waals surface area (Å²) < 4.78 is 41.0. The zero-order chi connectivity index (χ0) is 20.3. The Morgan fingerprint density at radius 3 is 2.72 bits per heavy atom. The topological polar surface area (TPSA) is 76.0 Å². The van der Waals surface area contributed by atoms with E-state index in [1.54, 1.807) is 0 Å². The molecular formula is C19H22ClF3N4O2. The van der Waals surface area contributed by atoms with E-state index in [0.717, 1.165) is 42.7 Å². The summed E-state index contributed by atoms with van der Waals surface area (Å²) in [7, 11) is 0. The number of hydrogen-bond donors (Lipinski definition) is 2. The van der Waals surface area contributed by atoms with Crippen molar-refractivity contribution < 1.29 is 18.0 Å². The molecule has 1 aromatic heterocycles. The smallest absolute Gasteiger partial charge is 0.350 e. The fourth-order valence-electron chi connectivity index (χ4n) is 3.27. The van der Waals surface area contributed by atoms with E-state index in [2.05, 4.69) is 15.7 Å². The minimum absolute atomic E-state index is 0. The summed E-state index contributed by atoms with van der Waals surface area (Å²) in [6.07, 6.45) is -2.63. The van der Waals surface area contributed by atoms with Crippen LogP contribution in [0.3, 0.4) is 0 Å². The molecule has 1 aliphatic heterocycles. The number of amides is 1. The number of alkyl halides is 3. The number of para-hydroxylation sites is 1. The highest BCUT2D eigenvalue weighted by atomic mass is 35.5. The first-order valence-corrected chi connectivity index (χ1v) is 9.04. The Hall–Kier alpha value is -2.39. The molecule has 3 rings (SSSR count). The van der Waals surface area contributed by atoms with Crippen LogP contribution >= 0.6 is 12.4 Å². The second-order valence-corrected chi connectivity index (χ2v) is 6.85. The number of hydrogen-bond acceptors (Lipinski definition) is 4. The summed E-state index contributed by atoms with van der Waals surface area (Å²) in [5.74, 6) is -0.440. The molecule has 29 heavy (non-hydrogen) atoms. The van der Waals surface area contributed by atoms with Crippen molar-refractivity contribution in [2.75, 3.05) is 19.6 Å². The van der Waals surface area contributed by atoms with Crippen LogP contribution in [-0.4, -0.2) is 35.3 Å². The van der Waals surface area contributed by atoms with Crippen molar-refractivity contribution in [3.05, 3.63) is 57.5 Å². The maximum Gasteiger partial charge on any atom is 0.418 e. The monoisotopic (exact) mass is 430 g/mol. The van der Waals surface area contributed by atoms with Gasteiger partial charge in [-0.2, -0.15) is 18.3 Å². The number of piperidine rings is 1. The Morgan fingerprint density at radius 1 is 1.34 bits per heavy atom. The second-order valence-electron chi connectivity index (χ2n) is 6.85. The predicted molar refractivity (Wildman–Crippen MR) is 105 cm³/mol. The molecule has 2 heterocycles. The Kier molecular flexibility index (Phi) is 7.43. The first kappa shape index (κ1) is 22.9. The number of carbonyl (C=O) groups is 1. The number of rotatable bonds is 4. The van der Waals surface area contributed by atoms with Crippen LogP contribution in [0.2, 0.25) is 0 Å². The summed E-state index contributed by atoms with van der Waals surface area (Å²) in [5, 5.41) is 9.86. The molecule has 1 aromatic carbocycles. The summed E-state index contributed by atoms with van der Waals surface area (Å²) in [6.45, 7) is 3.55. The quantitative estimate of drug-likeness (QED) is 0.782. The lowest BCUT2D eigenvalue weighted by atomic mass is 10.00. The standard InChI is InChI=1S/C19H21F3N4O2.ClH/c1-12-9-16(27)17(18(28)24-11-13-5-4-8-23-10-13)25-26(12)15-7-3-2-6-14(15)19(20,21)22;/h2-3,6-7,9,13,23H,4-5,8,10-11H2,1H3,(H,24,28);1H. The van der Waals surface area contributed by atoms with E-state index in [1.807, 2.05) is 0 Å². The SMILES string of the molecule is Cc1cc(=O)c(C(=O)NCC2CCCNC2)nn1-c1ccccc1C(F)(F)F.Cl. The van der Waals surface area contributed by atoms with E-state index < -0.39 is 28.8 Å². The average Bonchev–Trinajstić information content (AvgIpc) is 2.66. The van der Waals surface area contributed by atoms with Gasteiger partial charge in [0.1, 0.15) is 0 Å². The summed E-state index contributed by atoms with van der Waals surface area (Å²) >= 11 is 0. The normalized spacial score (nSPS) is 16.8. The van der Waals surface area contributed by atoms with Gasteiger partial charge in [-0.25, -0.2) is 4.68 Å². The lowest BCUT2D eigenvalue weighted by Crippen LogP contribution is -2.40. The van der Waals surface area contributed by atoms with Gasteiger partial charge in [-0.1, -0.05) is 12.1 Å². The van der Waals surface area contributed by atoms with Gasteiger partial charge in [-0.15, -0.1) is 12.4 Å². The number of carbonyl (C=O) groups excluding carboxylic acids is 1. The van der Waals surface area contributed by atoms with Crippen LogP contribution in [0, 0.1) is 12.8 Å². The Labute approximate surface area is 171 Å². The molecule has 1 aliphatic rings. The van der Waals surface area contributed by atoms with Crippen molar-refractivity contribution in [1.29, 1.82) is 0 Å². The zero-order valence-electron chi connectivity index (χ0n) is 15.8. The van der Waals surface area contributed by atoms with Gasteiger partial charge in [-0.3, -0.25) is 9.59 Å². The molecule has 1 amide bonds. The number of aryl methyl sites for hydroxylation is 1. The molecule has 2 N–H and O–H groups in total. The molecule has 10 heteroatoms. The van der Waals surface area contributed by atoms with Crippen molar-refractivity contribution in [3.8, 4) is 5.69 Å². The van der Waals surface area contributed by atoms with Gasteiger partial charge in [0.15, 0.2) is 5.69 Å². The molecule has 6 nitrogen and oxygen atoms in total. The van der Waals surface area contributed by atoms with Crippen molar-refractivity contribution in [3.63, 3.8) is 0 Å². The largest absolute Gasteiger partial charge is 0.418 e.